The number of methoxy groups -OCH3 is 1. The van der Waals surface area contributed by atoms with E-state index in [0.29, 0.717) is 18.8 Å². The first-order chi connectivity index (χ1) is 13.5. The molecule has 1 unspecified atom stereocenters. The molecule has 0 saturated carbocycles. The second kappa shape index (κ2) is 9.39. The van der Waals surface area contributed by atoms with Crippen LogP contribution in [-0.4, -0.2) is 61.4 Å². The molecule has 2 heterocycles. The van der Waals surface area contributed by atoms with Crippen LogP contribution in [0.4, 0.5) is 5.82 Å². The summed E-state index contributed by atoms with van der Waals surface area (Å²) in [6, 6.07) is 11.6. The zero-order valence-corrected chi connectivity index (χ0v) is 16.8. The van der Waals surface area contributed by atoms with Crippen molar-refractivity contribution >= 4 is 11.7 Å². The van der Waals surface area contributed by atoms with Crippen molar-refractivity contribution in [1.82, 2.24) is 15.1 Å². The third-order valence-corrected chi connectivity index (χ3v) is 4.89. The van der Waals surface area contributed by atoms with Crippen molar-refractivity contribution in [3.05, 3.63) is 42.0 Å². The van der Waals surface area contributed by atoms with E-state index in [-0.39, 0.29) is 12.0 Å². The van der Waals surface area contributed by atoms with Gasteiger partial charge >= 0.3 is 0 Å². The first-order valence-corrected chi connectivity index (χ1v) is 9.63. The van der Waals surface area contributed by atoms with E-state index in [0.717, 1.165) is 42.9 Å². The van der Waals surface area contributed by atoms with Gasteiger partial charge in [-0.3, -0.25) is 4.79 Å². The van der Waals surface area contributed by atoms with Crippen molar-refractivity contribution < 1.29 is 14.3 Å². The maximum atomic E-state index is 12.6. The number of piperidine rings is 1. The molecule has 0 bridgehead atoms. The normalized spacial score (nSPS) is 16.5. The summed E-state index contributed by atoms with van der Waals surface area (Å²) in [7, 11) is 5.48. The molecule has 7 heteroatoms. The van der Waals surface area contributed by atoms with E-state index in [4.69, 9.17) is 9.47 Å². The summed E-state index contributed by atoms with van der Waals surface area (Å²) in [5.74, 6) is 2.28. The number of rotatable bonds is 7. The molecule has 1 atom stereocenters. The van der Waals surface area contributed by atoms with E-state index in [9.17, 15) is 4.79 Å². The molecule has 7 nitrogen and oxygen atoms in total. The van der Waals surface area contributed by atoms with Crippen molar-refractivity contribution in [2.45, 2.75) is 31.8 Å². The molecule has 28 heavy (non-hydrogen) atoms. The zero-order valence-electron chi connectivity index (χ0n) is 16.8. The number of hydrogen-bond acceptors (Lipinski definition) is 6. The van der Waals surface area contributed by atoms with Gasteiger partial charge in [-0.1, -0.05) is 12.1 Å². The lowest BCUT2D eigenvalue weighted by atomic mass is 10.1. The van der Waals surface area contributed by atoms with E-state index >= 15 is 0 Å². The van der Waals surface area contributed by atoms with Crippen LogP contribution in [0.1, 0.15) is 24.8 Å². The Labute approximate surface area is 166 Å². The van der Waals surface area contributed by atoms with Crippen molar-refractivity contribution in [2.75, 3.05) is 39.2 Å². The molecule has 1 aromatic heterocycles. The van der Waals surface area contributed by atoms with Gasteiger partial charge in [0, 0.05) is 33.1 Å². The Morgan fingerprint density at radius 2 is 1.96 bits per heavy atom. The fourth-order valence-corrected chi connectivity index (χ4v) is 3.25. The Hall–Kier alpha value is -2.83. The van der Waals surface area contributed by atoms with Crippen LogP contribution in [-0.2, 0) is 11.2 Å². The van der Waals surface area contributed by atoms with Gasteiger partial charge in [-0.25, -0.2) is 0 Å². The molecule has 0 radical (unpaired) electrons. The standard InChI is InChI=1S/C21H28N4O3/c1-24(2)19-11-12-20(23-22-19)28-18-5-4-14-25(15-18)21(26)13-8-16-6-9-17(27-3)10-7-16/h6-7,9-12,18H,4-5,8,13-15H2,1-3H3. The topological polar surface area (TPSA) is 67.8 Å². The minimum atomic E-state index is -0.0433. The molecular weight excluding hydrogens is 356 g/mol. The summed E-state index contributed by atoms with van der Waals surface area (Å²) >= 11 is 0. The number of nitrogens with zero attached hydrogens (tertiary/aromatic N) is 4. The minimum Gasteiger partial charge on any atom is -0.497 e. The van der Waals surface area contributed by atoms with E-state index in [1.807, 2.05) is 60.3 Å². The fraction of sp³-hybridized carbons (Fsp3) is 0.476. The number of likely N-dealkylation sites (tertiary alicyclic amines) is 1. The molecule has 0 spiro atoms. The van der Waals surface area contributed by atoms with Gasteiger partial charge < -0.3 is 19.3 Å². The van der Waals surface area contributed by atoms with E-state index < -0.39 is 0 Å². The van der Waals surface area contributed by atoms with Crippen LogP contribution in [0.15, 0.2) is 36.4 Å². The van der Waals surface area contributed by atoms with E-state index in [1.165, 1.54) is 0 Å². The minimum absolute atomic E-state index is 0.0433. The van der Waals surface area contributed by atoms with Crippen LogP contribution in [0.5, 0.6) is 11.6 Å². The Morgan fingerprint density at radius 1 is 1.18 bits per heavy atom. The van der Waals surface area contributed by atoms with E-state index in [1.54, 1.807) is 7.11 Å². The van der Waals surface area contributed by atoms with Gasteiger partial charge in [0.05, 0.1) is 13.7 Å². The van der Waals surface area contributed by atoms with Crippen molar-refractivity contribution in [3.8, 4) is 11.6 Å². The maximum absolute atomic E-state index is 12.6. The first-order valence-electron chi connectivity index (χ1n) is 9.63. The monoisotopic (exact) mass is 384 g/mol. The average molecular weight is 384 g/mol. The molecule has 1 aliphatic heterocycles. The highest BCUT2D eigenvalue weighted by Gasteiger charge is 2.25. The first kappa shape index (κ1) is 19.9. The molecule has 0 aliphatic carbocycles. The molecule has 1 amide bonds. The quantitative estimate of drug-likeness (QED) is 0.731. The molecular formula is C21H28N4O3. The molecule has 1 fully saturated rings. The molecule has 150 valence electrons. The number of ether oxygens (including phenoxy) is 2. The Kier molecular flexibility index (Phi) is 6.68. The lowest BCUT2D eigenvalue weighted by Crippen LogP contribution is -2.44. The maximum Gasteiger partial charge on any atom is 0.233 e. The number of aromatic nitrogens is 2. The predicted octanol–water partition coefficient (Wildman–Crippen LogP) is 2.55. The predicted molar refractivity (Wildman–Crippen MR) is 108 cm³/mol. The van der Waals surface area contributed by atoms with Crippen molar-refractivity contribution in [2.24, 2.45) is 0 Å². The molecule has 2 aromatic rings. The summed E-state index contributed by atoms with van der Waals surface area (Å²) in [6.07, 6.45) is 3.03. The van der Waals surface area contributed by atoms with Crippen LogP contribution >= 0.6 is 0 Å². The van der Waals surface area contributed by atoms with Crippen LogP contribution in [0.25, 0.3) is 0 Å². The summed E-state index contributed by atoms with van der Waals surface area (Å²) in [5, 5.41) is 8.26. The van der Waals surface area contributed by atoms with Gasteiger partial charge in [-0.05, 0) is 43.0 Å². The Morgan fingerprint density at radius 3 is 2.61 bits per heavy atom. The second-order valence-corrected chi connectivity index (χ2v) is 7.19. The fourth-order valence-electron chi connectivity index (χ4n) is 3.25. The van der Waals surface area contributed by atoms with Crippen LogP contribution in [0.2, 0.25) is 0 Å². The summed E-state index contributed by atoms with van der Waals surface area (Å²) in [6.45, 7) is 1.38. The van der Waals surface area contributed by atoms with Gasteiger partial charge in [0.1, 0.15) is 11.9 Å². The van der Waals surface area contributed by atoms with Crippen LogP contribution < -0.4 is 14.4 Å². The van der Waals surface area contributed by atoms with Crippen molar-refractivity contribution in [3.63, 3.8) is 0 Å². The molecule has 1 saturated heterocycles. The summed E-state index contributed by atoms with van der Waals surface area (Å²) in [4.78, 5) is 16.4. The Balaban J connectivity index is 1.49. The Bertz CT molecular complexity index is 762. The number of anilines is 1. The SMILES string of the molecule is COc1ccc(CCC(=O)N2CCCC(Oc3ccc(N(C)C)nn3)C2)cc1. The van der Waals surface area contributed by atoms with Gasteiger partial charge in [-0.2, -0.15) is 0 Å². The van der Waals surface area contributed by atoms with Gasteiger partial charge in [0.2, 0.25) is 11.8 Å². The second-order valence-electron chi connectivity index (χ2n) is 7.19. The van der Waals surface area contributed by atoms with Gasteiger partial charge in [-0.15, -0.1) is 10.2 Å². The molecule has 1 aromatic carbocycles. The third kappa shape index (κ3) is 5.34. The highest BCUT2D eigenvalue weighted by atomic mass is 16.5. The van der Waals surface area contributed by atoms with E-state index in [2.05, 4.69) is 10.2 Å². The van der Waals surface area contributed by atoms with Crippen LogP contribution in [0.3, 0.4) is 0 Å². The zero-order chi connectivity index (χ0) is 19.9. The number of aryl methyl sites for hydroxylation is 1. The highest BCUT2D eigenvalue weighted by molar-refractivity contribution is 5.76. The number of carbonyl (C=O) groups is 1. The number of benzene rings is 1. The average Bonchev–Trinajstić information content (AvgIpc) is 2.73. The number of carbonyl (C=O) groups excluding carboxylic acids is 1. The number of hydrogen-bond donors (Lipinski definition) is 0. The smallest absolute Gasteiger partial charge is 0.233 e. The third-order valence-electron chi connectivity index (χ3n) is 4.89. The van der Waals surface area contributed by atoms with Gasteiger partial charge in [0.25, 0.3) is 0 Å². The highest BCUT2D eigenvalue weighted by Crippen LogP contribution is 2.19. The lowest BCUT2D eigenvalue weighted by molar-refractivity contribution is -0.133. The molecule has 0 N–H and O–H groups in total. The largest absolute Gasteiger partial charge is 0.497 e. The summed E-state index contributed by atoms with van der Waals surface area (Å²) in [5.41, 5.74) is 1.13. The molecule has 1 aliphatic rings. The molecule has 3 rings (SSSR count). The number of amides is 1. The van der Waals surface area contributed by atoms with Crippen molar-refractivity contribution in [1.29, 1.82) is 0 Å². The summed E-state index contributed by atoms with van der Waals surface area (Å²) < 4.78 is 11.1. The van der Waals surface area contributed by atoms with Crippen LogP contribution in [0, 0.1) is 0 Å². The van der Waals surface area contributed by atoms with Gasteiger partial charge in [0.15, 0.2) is 5.82 Å². The lowest BCUT2D eigenvalue weighted by Gasteiger charge is -2.32.